The van der Waals surface area contributed by atoms with Gasteiger partial charge in [0.15, 0.2) is 0 Å². The van der Waals surface area contributed by atoms with Gasteiger partial charge in [-0.1, -0.05) is 0 Å². The summed E-state index contributed by atoms with van der Waals surface area (Å²) >= 11 is 0. The van der Waals surface area contributed by atoms with Crippen LogP contribution in [0.25, 0.3) is 0 Å². The van der Waals surface area contributed by atoms with Crippen LogP contribution in [0.1, 0.15) is 0 Å². The Kier molecular flexibility index (Phi) is 5.09. The summed E-state index contributed by atoms with van der Waals surface area (Å²) < 4.78 is 40.6. The zero-order chi connectivity index (χ0) is 12.2. The summed E-state index contributed by atoms with van der Waals surface area (Å²) in [6.07, 6.45) is -0.687. The summed E-state index contributed by atoms with van der Waals surface area (Å²) in [6.45, 7) is 2.57. The van der Waals surface area contributed by atoms with E-state index in [1.165, 1.54) is 7.11 Å². The minimum Gasteiger partial charge on any atom is -0.379 e. The largest absolute Gasteiger partial charge is 0.379 e. The second-order valence-electron chi connectivity index (χ2n) is 3.58. The van der Waals surface area contributed by atoms with Crippen molar-refractivity contribution in [1.29, 1.82) is 0 Å². The van der Waals surface area contributed by atoms with Crippen LogP contribution in [0.15, 0.2) is 0 Å². The highest BCUT2D eigenvalue weighted by atomic mass is 32.2. The van der Waals surface area contributed by atoms with Crippen molar-refractivity contribution >= 4 is 10.1 Å². The Balaban J connectivity index is 2.57. The third-order valence-electron chi connectivity index (χ3n) is 2.48. The standard InChI is InChI=1S/C8H18N2O5S/c1-9(10-3-5-15-6-4-10)8(14-2)7-16(11,12)13/h8H,3-7H2,1-2H3,(H,11,12,13). The number of hydrazine groups is 1. The van der Waals surface area contributed by atoms with E-state index in [0.717, 1.165) is 0 Å². The molecule has 0 aromatic rings. The summed E-state index contributed by atoms with van der Waals surface area (Å²) in [5.74, 6) is -0.447. The molecule has 1 aliphatic heterocycles. The Morgan fingerprint density at radius 3 is 2.50 bits per heavy atom. The lowest BCUT2D eigenvalue weighted by atomic mass is 10.5. The van der Waals surface area contributed by atoms with Gasteiger partial charge in [0.2, 0.25) is 0 Å². The Morgan fingerprint density at radius 1 is 1.50 bits per heavy atom. The fourth-order valence-corrected chi connectivity index (χ4v) is 2.27. The van der Waals surface area contributed by atoms with Gasteiger partial charge in [-0.3, -0.25) is 4.55 Å². The molecule has 1 unspecified atom stereocenters. The van der Waals surface area contributed by atoms with E-state index in [1.807, 2.05) is 5.01 Å². The number of hydrogen-bond donors (Lipinski definition) is 1. The molecule has 1 atom stereocenters. The van der Waals surface area contributed by atoms with Gasteiger partial charge in [-0.15, -0.1) is 0 Å². The average Bonchev–Trinajstić information content (AvgIpc) is 2.25. The van der Waals surface area contributed by atoms with Crippen molar-refractivity contribution in [2.75, 3.05) is 46.2 Å². The molecule has 0 spiro atoms. The summed E-state index contributed by atoms with van der Waals surface area (Å²) in [7, 11) is -0.907. The number of nitrogens with zero attached hydrogens (tertiary/aromatic N) is 2. The van der Waals surface area contributed by atoms with Gasteiger partial charge in [-0.2, -0.15) is 8.42 Å². The van der Waals surface area contributed by atoms with Crippen molar-refractivity contribution in [2.45, 2.75) is 6.23 Å². The number of methoxy groups -OCH3 is 1. The maximum atomic E-state index is 10.8. The molecule has 0 aromatic carbocycles. The summed E-state index contributed by atoms with van der Waals surface area (Å²) in [6, 6.07) is 0. The quantitative estimate of drug-likeness (QED) is 0.499. The van der Waals surface area contributed by atoms with Crippen LogP contribution in [0.4, 0.5) is 0 Å². The molecule has 7 nitrogen and oxygen atoms in total. The van der Waals surface area contributed by atoms with E-state index in [1.54, 1.807) is 12.1 Å². The highest BCUT2D eigenvalue weighted by molar-refractivity contribution is 7.85. The molecular weight excluding hydrogens is 236 g/mol. The highest BCUT2D eigenvalue weighted by Crippen LogP contribution is 2.08. The minimum absolute atomic E-state index is 0.447. The molecule has 1 saturated heterocycles. The van der Waals surface area contributed by atoms with E-state index in [0.29, 0.717) is 26.3 Å². The van der Waals surface area contributed by atoms with E-state index >= 15 is 0 Å². The monoisotopic (exact) mass is 254 g/mol. The van der Waals surface area contributed by atoms with Crippen molar-refractivity contribution in [3.05, 3.63) is 0 Å². The highest BCUT2D eigenvalue weighted by Gasteiger charge is 2.26. The lowest BCUT2D eigenvalue weighted by Gasteiger charge is -2.38. The van der Waals surface area contributed by atoms with E-state index < -0.39 is 22.1 Å². The lowest BCUT2D eigenvalue weighted by molar-refractivity contribution is -0.156. The molecule has 0 aliphatic carbocycles. The van der Waals surface area contributed by atoms with Crippen LogP contribution in [0.5, 0.6) is 0 Å². The van der Waals surface area contributed by atoms with Gasteiger partial charge in [-0.05, 0) is 0 Å². The molecule has 1 N–H and O–H groups in total. The Hall–Kier alpha value is -0.250. The first-order valence-corrected chi connectivity index (χ1v) is 6.58. The van der Waals surface area contributed by atoms with Crippen LogP contribution in [0.2, 0.25) is 0 Å². The molecule has 1 heterocycles. The Morgan fingerprint density at radius 2 is 2.06 bits per heavy atom. The molecule has 0 aromatic heterocycles. The van der Waals surface area contributed by atoms with Crippen LogP contribution in [0, 0.1) is 0 Å². The predicted octanol–water partition coefficient (Wildman–Crippen LogP) is -0.974. The molecule has 0 saturated carbocycles. The van der Waals surface area contributed by atoms with Crippen molar-refractivity contribution < 1.29 is 22.4 Å². The average molecular weight is 254 g/mol. The summed E-state index contributed by atoms with van der Waals surface area (Å²) in [5.41, 5.74) is 0. The fourth-order valence-electron chi connectivity index (χ4n) is 1.56. The first-order chi connectivity index (χ1) is 7.44. The number of hydrogen-bond acceptors (Lipinski definition) is 6. The number of rotatable bonds is 5. The normalized spacial score (nSPS) is 21.2. The van der Waals surface area contributed by atoms with Gasteiger partial charge in [0.25, 0.3) is 10.1 Å². The third kappa shape index (κ3) is 4.32. The topological polar surface area (TPSA) is 79.3 Å². The SMILES string of the molecule is COC(CS(=O)(=O)O)N(C)N1CCOCC1. The molecule has 0 amide bonds. The van der Waals surface area contributed by atoms with Crippen LogP contribution in [-0.4, -0.2) is 75.4 Å². The van der Waals surface area contributed by atoms with Gasteiger partial charge in [-0.25, -0.2) is 10.0 Å². The zero-order valence-corrected chi connectivity index (χ0v) is 10.3. The fraction of sp³-hybridized carbons (Fsp3) is 1.00. The van der Waals surface area contributed by atoms with Crippen LogP contribution < -0.4 is 0 Å². The molecule has 1 aliphatic rings. The maximum Gasteiger partial charge on any atom is 0.268 e. The molecule has 96 valence electrons. The molecule has 8 heteroatoms. The minimum atomic E-state index is -4.04. The molecule has 16 heavy (non-hydrogen) atoms. The molecule has 1 fully saturated rings. The first kappa shape index (κ1) is 13.8. The van der Waals surface area contributed by atoms with Gasteiger partial charge in [0.1, 0.15) is 12.0 Å². The van der Waals surface area contributed by atoms with Gasteiger partial charge in [0, 0.05) is 27.2 Å². The van der Waals surface area contributed by atoms with E-state index in [-0.39, 0.29) is 0 Å². The van der Waals surface area contributed by atoms with Crippen molar-refractivity contribution in [3.63, 3.8) is 0 Å². The summed E-state index contributed by atoms with van der Waals surface area (Å²) in [4.78, 5) is 0. The molecule has 0 radical (unpaired) electrons. The molecule has 0 bridgehead atoms. The first-order valence-electron chi connectivity index (χ1n) is 4.97. The van der Waals surface area contributed by atoms with Gasteiger partial charge < -0.3 is 9.47 Å². The zero-order valence-electron chi connectivity index (χ0n) is 9.50. The maximum absolute atomic E-state index is 10.8. The van der Waals surface area contributed by atoms with Crippen LogP contribution >= 0.6 is 0 Å². The van der Waals surface area contributed by atoms with Crippen molar-refractivity contribution in [2.24, 2.45) is 0 Å². The Bertz CT molecular complexity index is 302. The Labute approximate surface area is 95.6 Å². The van der Waals surface area contributed by atoms with Gasteiger partial charge in [0.05, 0.1) is 13.2 Å². The molecule has 1 rings (SSSR count). The number of ether oxygens (including phenoxy) is 2. The molecular formula is C8H18N2O5S. The predicted molar refractivity (Wildman–Crippen MR) is 57.4 cm³/mol. The van der Waals surface area contributed by atoms with Crippen molar-refractivity contribution in [1.82, 2.24) is 10.0 Å². The summed E-state index contributed by atoms with van der Waals surface area (Å²) in [5, 5.41) is 3.61. The smallest absolute Gasteiger partial charge is 0.268 e. The van der Waals surface area contributed by atoms with Crippen molar-refractivity contribution in [3.8, 4) is 0 Å². The second-order valence-corrected chi connectivity index (χ2v) is 5.08. The van der Waals surface area contributed by atoms with Gasteiger partial charge >= 0.3 is 0 Å². The number of morpholine rings is 1. The van der Waals surface area contributed by atoms with E-state index in [2.05, 4.69) is 0 Å². The lowest BCUT2D eigenvalue weighted by Crippen LogP contribution is -2.53. The second kappa shape index (κ2) is 5.89. The van der Waals surface area contributed by atoms with Crippen LogP contribution in [0.3, 0.4) is 0 Å². The van der Waals surface area contributed by atoms with E-state index in [9.17, 15) is 8.42 Å². The third-order valence-corrected chi connectivity index (χ3v) is 3.18. The van der Waals surface area contributed by atoms with E-state index in [4.69, 9.17) is 14.0 Å². The van der Waals surface area contributed by atoms with Crippen LogP contribution in [-0.2, 0) is 19.6 Å².